The number of rotatable bonds is 0. The zero-order valence-corrected chi connectivity index (χ0v) is 11.5. The fourth-order valence-electron chi connectivity index (χ4n) is 1.22. The first-order valence-electron chi connectivity index (χ1n) is 5.07. The van der Waals surface area contributed by atoms with Gasteiger partial charge in [0, 0.05) is 32.5 Å². The highest BCUT2D eigenvalue weighted by atomic mass is 32.1. The van der Waals surface area contributed by atoms with Crippen LogP contribution in [0.4, 0.5) is 22.7 Å². The van der Waals surface area contributed by atoms with Gasteiger partial charge in [-0.3, -0.25) is 0 Å². The van der Waals surface area contributed by atoms with Crippen LogP contribution in [0.1, 0.15) is 0 Å². The molecule has 0 aliphatic heterocycles. The zero-order valence-electron chi connectivity index (χ0n) is 9.67. The highest BCUT2D eigenvalue weighted by molar-refractivity contribution is 7.80. The lowest BCUT2D eigenvalue weighted by molar-refractivity contribution is 1.47. The second-order valence-corrected chi connectivity index (χ2v) is 4.67. The maximum atomic E-state index is 5.46. The molecule has 0 bridgehead atoms. The van der Waals surface area contributed by atoms with E-state index in [-0.39, 0.29) is 0 Å². The van der Waals surface area contributed by atoms with Crippen molar-refractivity contribution in [2.45, 2.75) is 9.79 Å². The van der Waals surface area contributed by atoms with Gasteiger partial charge in [0.1, 0.15) is 0 Å². The van der Waals surface area contributed by atoms with Crippen molar-refractivity contribution in [3.63, 3.8) is 0 Å². The van der Waals surface area contributed by atoms with Gasteiger partial charge in [0.2, 0.25) is 0 Å². The molecule has 0 unspecified atom stereocenters. The molecule has 2 aromatic carbocycles. The molecule has 0 heterocycles. The van der Waals surface area contributed by atoms with Gasteiger partial charge >= 0.3 is 0 Å². The van der Waals surface area contributed by atoms with Crippen LogP contribution in [0, 0.1) is 0 Å². The molecule has 2 aromatic rings. The quantitative estimate of drug-likeness (QED) is 0.329. The third-order valence-corrected chi connectivity index (χ3v) is 2.66. The number of nitrogens with two attached hydrogens (primary N) is 4. The molecule has 2 rings (SSSR count). The maximum absolute atomic E-state index is 5.46. The number of hydrogen-bond donors (Lipinski definition) is 6. The van der Waals surface area contributed by atoms with Gasteiger partial charge < -0.3 is 22.9 Å². The Bertz CT molecular complexity index is 493. The number of anilines is 4. The molecule has 0 fully saturated rings. The molecule has 18 heavy (non-hydrogen) atoms. The summed E-state index contributed by atoms with van der Waals surface area (Å²) in [6.45, 7) is 0. The molecular weight excluding hydrogens is 264 g/mol. The zero-order chi connectivity index (χ0) is 13.7. The standard InChI is InChI=1S/2C6H8N2S/c7-4-1-5(8)3-6(9)2-4;7-4-1-2-5(8)6(9)3-4/h2*1-3,9H,7-8H2. The third-order valence-electron chi connectivity index (χ3n) is 2.02. The number of hydrogen-bond acceptors (Lipinski definition) is 6. The fourth-order valence-corrected chi connectivity index (χ4v) is 1.74. The van der Waals surface area contributed by atoms with Crippen molar-refractivity contribution in [3.8, 4) is 0 Å². The van der Waals surface area contributed by atoms with Crippen molar-refractivity contribution < 1.29 is 0 Å². The van der Waals surface area contributed by atoms with Crippen molar-refractivity contribution >= 4 is 48.0 Å². The Balaban J connectivity index is 0.000000180. The van der Waals surface area contributed by atoms with E-state index < -0.39 is 0 Å². The van der Waals surface area contributed by atoms with E-state index in [1.807, 2.05) is 0 Å². The lowest BCUT2D eigenvalue weighted by atomic mass is 10.3. The van der Waals surface area contributed by atoms with Crippen LogP contribution in [-0.2, 0) is 0 Å². The molecule has 0 aliphatic rings. The second-order valence-electron chi connectivity index (χ2n) is 3.68. The molecule has 0 saturated heterocycles. The Hall–Kier alpha value is -1.66. The predicted octanol–water partition coefficient (Wildman–Crippen LogP) is 2.28. The van der Waals surface area contributed by atoms with Crippen molar-refractivity contribution in [2.75, 3.05) is 22.9 Å². The molecule has 0 aromatic heterocycles. The molecular formula is C12H16N4S2. The summed E-state index contributed by atoms with van der Waals surface area (Å²) in [5.41, 5.74) is 24.4. The van der Waals surface area contributed by atoms with Crippen LogP contribution in [0.5, 0.6) is 0 Å². The summed E-state index contributed by atoms with van der Waals surface area (Å²) >= 11 is 8.13. The monoisotopic (exact) mass is 280 g/mol. The van der Waals surface area contributed by atoms with Crippen molar-refractivity contribution in [1.29, 1.82) is 0 Å². The van der Waals surface area contributed by atoms with Crippen LogP contribution in [0.3, 0.4) is 0 Å². The Kier molecular flexibility index (Phi) is 5.06. The first-order valence-corrected chi connectivity index (χ1v) is 5.97. The molecule has 0 spiro atoms. The topological polar surface area (TPSA) is 104 Å². The summed E-state index contributed by atoms with van der Waals surface area (Å²) in [6.07, 6.45) is 0. The molecule has 8 N–H and O–H groups in total. The first kappa shape index (κ1) is 14.4. The maximum Gasteiger partial charge on any atom is 0.0451 e. The summed E-state index contributed by atoms with van der Waals surface area (Å²) in [4.78, 5) is 1.53. The van der Waals surface area contributed by atoms with E-state index in [1.165, 1.54) is 0 Å². The Labute approximate surface area is 117 Å². The van der Waals surface area contributed by atoms with Crippen LogP contribution >= 0.6 is 25.3 Å². The van der Waals surface area contributed by atoms with Crippen molar-refractivity contribution in [3.05, 3.63) is 36.4 Å². The van der Waals surface area contributed by atoms with E-state index >= 15 is 0 Å². The summed E-state index contributed by atoms with van der Waals surface area (Å²) in [7, 11) is 0. The second kappa shape index (κ2) is 6.32. The summed E-state index contributed by atoms with van der Waals surface area (Å²) < 4.78 is 0. The first-order chi connectivity index (χ1) is 8.38. The van der Waals surface area contributed by atoms with Gasteiger partial charge in [-0.05, 0) is 36.4 Å². The van der Waals surface area contributed by atoms with Gasteiger partial charge in [-0.1, -0.05) is 0 Å². The van der Waals surface area contributed by atoms with Gasteiger partial charge in [0.25, 0.3) is 0 Å². The molecule has 0 radical (unpaired) electrons. The fraction of sp³-hybridized carbons (Fsp3) is 0. The molecule has 0 amide bonds. The Morgan fingerprint density at radius 2 is 1.22 bits per heavy atom. The average Bonchev–Trinajstić information content (AvgIpc) is 2.23. The smallest absolute Gasteiger partial charge is 0.0451 e. The normalized spacial score (nSPS) is 9.44. The van der Waals surface area contributed by atoms with Gasteiger partial charge in [-0.15, -0.1) is 25.3 Å². The van der Waals surface area contributed by atoms with Crippen LogP contribution < -0.4 is 22.9 Å². The van der Waals surface area contributed by atoms with Crippen LogP contribution in [0.25, 0.3) is 0 Å². The SMILES string of the molecule is Nc1cc(N)cc(S)c1.Nc1ccc(N)c(S)c1. The molecule has 6 heteroatoms. The van der Waals surface area contributed by atoms with E-state index in [4.69, 9.17) is 22.9 Å². The lowest BCUT2D eigenvalue weighted by Crippen LogP contribution is -1.89. The number of thiol groups is 2. The molecule has 0 saturated carbocycles. The van der Waals surface area contributed by atoms with Crippen molar-refractivity contribution in [1.82, 2.24) is 0 Å². The van der Waals surface area contributed by atoms with E-state index in [0.29, 0.717) is 22.7 Å². The summed E-state index contributed by atoms with van der Waals surface area (Å²) in [6, 6.07) is 10.4. The molecule has 4 nitrogen and oxygen atoms in total. The molecule has 0 aliphatic carbocycles. The van der Waals surface area contributed by atoms with Gasteiger partial charge in [0.15, 0.2) is 0 Å². The van der Waals surface area contributed by atoms with E-state index in [9.17, 15) is 0 Å². The Morgan fingerprint density at radius 3 is 1.61 bits per heavy atom. The third kappa shape index (κ3) is 4.68. The minimum Gasteiger partial charge on any atom is -0.399 e. The predicted molar refractivity (Wildman–Crippen MR) is 85.0 cm³/mol. The molecule has 96 valence electrons. The van der Waals surface area contributed by atoms with Crippen LogP contribution in [-0.4, -0.2) is 0 Å². The minimum atomic E-state index is 0.653. The molecule has 0 atom stereocenters. The van der Waals surface area contributed by atoms with E-state index in [2.05, 4.69) is 25.3 Å². The minimum absolute atomic E-state index is 0.653. The van der Waals surface area contributed by atoms with Gasteiger partial charge in [-0.25, -0.2) is 0 Å². The van der Waals surface area contributed by atoms with E-state index in [0.717, 1.165) is 9.79 Å². The number of benzene rings is 2. The van der Waals surface area contributed by atoms with Gasteiger partial charge in [-0.2, -0.15) is 0 Å². The average molecular weight is 280 g/mol. The van der Waals surface area contributed by atoms with Crippen molar-refractivity contribution in [2.24, 2.45) is 0 Å². The summed E-state index contributed by atoms with van der Waals surface area (Å²) in [5.74, 6) is 0. The highest BCUT2D eigenvalue weighted by Gasteiger charge is 1.91. The number of nitrogen functional groups attached to an aromatic ring is 4. The van der Waals surface area contributed by atoms with E-state index in [1.54, 1.807) is 36.4 Å². The summed E-state index contributed by atoms with van der Waals surface area (Å²) in [5, 5.41) is 0. The Morgan fingerprint density at radius 1 is 0.667 bits per heavy atom. The largest absolute Gasteiger partial charge is 0.399 e. The highest BCUT2D eigenvalue weighted by Crippen LogP contribution is 2.18. The van der Waals surface area contributed by atoms with Crippen LogP contribution in [0.15, 0.2) is 46.2 Å². The van der Waals surface area contributed by atoms with Crippen LogP contribution in [0.2, 0.25) is 0 Å². The lowest BCUT2D eigenvalue weighted by Gasteiger charge is -1.97. The van der Waals surface area contributed by atoms with Gasteiger partial charge in [0.05, 0.1) is 0 Å².